The first-order chi connectivity index (χ1) is 22.6. The maximum atomic E-state index is 6.53. The van der Waals surface area contributed by atoms with Crippen LogP contribution in [-0.4, -0.2) is 16.7 Å². The number of para-hydroxylation sites is 1. The summed E-state index contributed by atoms with van der Waals surface area (Å²) in [5.74, 6) is 3.41. The van der Waals surface area contributed by atoms with E-state index in [1.807, 2.05) is 54.9 Å². The Morgan fingerprint density at radius 2 is 1.38 bits per heavy atom. The first-order valence-electron chi connectivity index (χ1n) is 16.1. The van der Waals surface area contributed by atoms with Gasteiger partial charge in [-0.3, -0.25) is 0 Å². The van der Waals surface area contributed by atoms with Crippen LogP contribution in [0.15, 0.2) is 97.3 Å². The second-order valence-electron chi connectivity index (χ2n) is 13.5. The van der Waals surface area contributed by atoms with Gasteiger partial charge in [-0.15, -0.1) is 59.1 Å². The maximum absolute atomic E-state index is 6.53. The molecule has 0 saturated heterocycles. The number of aromatic nitrogens is 2. The van der Waals surface area contributed by atoms with Crippen LogP contribution in [-0.2, 0) is 25.5 Å². The predicted octanol–water partition coefficient (Wildman–Crippen LogP) is 8.35. The average molecular weight is 805 g/mol. The zero-order valence-corrected chi connectivity index (χ0v) is 30.8. The Bertz CT molecular complexity index is 2140. The normalized spacial score (nSPS) is 12.2. The Hall–Kier alpha value is -4.51. The summed E-state index contributed by atoms with van der Waals surface area (Å²) >= 11 is 0. The first kappa shape index (κ1) is 33.4. The monoisotopic (exact) mass is 805 g/mol. The second kappa shape index (κ2) is 13.2. The Morgan fingerprint density at radius 3 is 2.10 bits per heavy atom. The van der Waals surface area contributed by atoms with Gasteiger partial charge in [0.15, 0.2) is 0 Å². The van der Waals surface area contributed by atoms with Crippen molar-refractivity contribution in [3.8, 4) is 45.5 Å². The summed E-state index contributed by atoms with van der Waals surface area (Å²) in [4.78, 5) is 9.19. The quantitative estimate of drug-likeness (QED) is 0.130. The fourth-order valence-corrected chi connectivity index (χ4v) is 6.44. The zero-order chi connectivity index (χ0) is 32.9. The summed E-state index contributed by atoms with van der Waals surface area (Å²) in [6, 6.07) is 35.5. The molecule has 0 aliphatic carbocycles. The third-order valence-corrected chi connectivity index (χ3v) is 9.05. The van der Waals surface area contributed by atoms with Gasteiger partial charge in [0.2, 0.25) is 6.71 Å². The minimum atomic E-state index is 0. The molecule has 241 valence electrons. The molecule has 0 atom stereocenters. The van der Waals surface area contributed by atoms with Gasteiger partial charge < -0.3 is 19.4 Å². The molecule has 2 aliphatic heterocycles. The number of pyridine rings is 2. The van der Waals surface area contributed by atoms with Gasteiger partial charge >= 0.3 is 0 Å². The summed E-state index contributed by atoms with van der Waals surface area (Å²) in [6.45, 7) is 15.1. The number of rotatable bonds is 2. The van der Waals surface area contributed by atoms with Crippen LogP contribution in [0.5, 0.6) is 23.0 Å². The number of fused-ring (bicyclic) bond motifs is 4. The van der Waals surface area contributed by atoms with Gasteiger partial charge in [-0.1, -0.05) is 75.2 Å². The Balaban J connectivity index is 0.000000212. The van der Waals surface area contributed by atoms with Crippen molar-refractivity contribution in [1.82, 2.24) is 9.97 Å². The van der Waals surface area contributed by atoms with Crippen LogP contribution in [0.1, 0.15) is 48.6 Å². The number of ether oxygens (including phenoxy) is 2. The fraction of sp³-hybridized carbons (Fsp3) is 0.190. The van der Waals surface area contributed by atoms with Crippen LogP contribution < -0.4 is 25.9 Å². The third-order valence-electron chi connectivity index (χ3n) is 9.05. The van der Waals surface area contributed by atoms with E-state index >= 15 is 0 Å². The van der Waals surface area contributed by atoms with Gasteiger partial charge in [0.05, 0.1) is 0 Å². The molecule has 6 heteroatoms. The zero-order valence-electron chi connectivity index (χ0n) is 28.4. The van der Waals surface area contributed by atoms with Crippen molar-refractivity contribution < 1.29 is 29.6 Å². The van der Waals surface area contributed by atoms with E-state index in [1.54, 1.807) is 0 Å². The molecule has 4 aromatic carbocycles. The molecule has 2 aromatic heterocycles. The molecule has 0 bridgehead atoms. The van der Waals surface area contributed by atoms with Crippen LogP contribution >= 0.6 is 0 Å². The second-order valence-corrected chi connectivity index (χ2v) is 13.5. The molecule has 48 heavy (non-hydrogen) atoms. The van der Waals surface area contributed by atoms with Crippen LogP contribution in [0, 0.1) is 39.8 Å². The van der Waals surface area contributed by atoms with E-state index in [0.29, 0.717) is 0 Å². The molecule has 0 fully saturated rings. The number of nitrogens with zero attached hydrogens (tertiary/aromatic N) is 2. The smallest absolute Gasteiger partial charge is 0.241 e. The van der Waals surface area contributed by atoms with E-state index < -0.39 is 0 Å². The summed E-state index contributed by atoms with van der Waals surface area (Å²) in [6.07, 6.45) is 3.88. The summed E-state index contributed by atoms with van der Waals surface area (Å²) in [5.41, 5.74) is 13.4. The van der Waals surface area contributed by atoms with Crippen LogP contribution in [0.25, 0.3) is 22.5 Å². The number of benzene rings is 4. The molecule has 2 aliphatic rings. The topological polar surface area (TPSA) is 44.2 Å². The van der Waals surface area contributed by atoms with Crippen LogP contribution in [0.3, 0.4) is 0 Å². The van der Waals surface area contributed by atoms with Crippen molar-refractivity contribution >= 4 is 23.1 Å². The number of hydrogen-bond donors (Lipinski definition) is 0. The van der Waals surface area contributed by atoms with Gasteiger partial charge in [0.25, 0.3) is 0 Å². The number of hydrogen-bond acceptors (Lipinski definition) is 4. The largest absolute Gasteiger partial charge is 0.503 e. The minimum Gasteiger partial charge on any atom is -0.503 e. The first-order valence-corrected chi connectivity index (χ1v) is 16.1. The predicted molar refractivity (Wildman–Crippen MR) is 192 cm³/mol. The van der Waals surface area contributed by atoms with Crippen molar-refractivity contribution in [2.75, 3.05) is 0 Å². The molecule has 0 amide bonds. The van der Waals surface area contributed by atoms with E-state index in [1.165, 1.54) is 27.8 Å². The molecule has 0 saturated carbocycles. The summed E-state index contributed by atoms with van der Waals surface area (Å²) in [7, 11) is 0. The molecule has 8 rings (SSSR count). The fourth-order valence-electron chi connectivity index (χ4n) is 6.44. The molecular formula is C42H37BIrN2O2-2. The molecular weight excluding hydrogens is 768 g/mol. The van der Waals surface area contributed by atoms with Gasteiger partial charge in [-0.25, -0.2) is 0 Å². The van der Waals surface area contributed by atoms with E-state index in [0.717, 1.165) is 61.9 Å². The van der Waals surface area contributed by atoms with Gasteiger partial charge in [0, 0.05) is 43.7 Å². The van der Waals surface area contributed by atoms with Crippen LogP contribution in [0.2, 0.25) is 0 Å². The van der Waals surface area contributed by atoms with Gasteiger partial charge in [-0.2, -0.15) is 0 Å². The molecule has 0 unspecified atom stereocenters. The van der Waals surface area contributed by atoms with E-state index in [-0.39, 0.29) is 32.2 Å². The third kappa shape index (κ3) is 6.23. The Labute approximate surface area is 298 Å². The van der Waals surface area contributed by atoms with Crippen molar-refractivity contribution in [2.24, 2.45) is 0 Å². The number of aryl methyl sites for hydroxylation is 4. The van der Waals surface area contributed by atoms with Crippen molar-refractivity contribution in [2.45, 2.75) is 53.9 Å². The summed E-state index contributed by atoms with van der Waals surface area (Å²) in [5, 5.41) is 0. The van der Waals surface area contributed by atoms with E-state index in [9.17, 15) is 0 Å². The van der Waals surface area contributed by atoms with Gasteiger partial charge in [0.1, 0.15) is 17.2 Å². The average Bonchev–Trinajstić information content (AvgIpc) is 3.06. The standard InChI is InChI=1S/C28H23BNO2.C14H14N.Ir/c1-17-16-30-22(15-19(17)28(2,3)4)18-9-7-11-21-27(18)32-25-14-8-13-24-26(25)29(21)20-10-5-6-12-23(20)31-24;1-10-4-6-13(7-5-10)14-8-11(2)12(3)9-15-14;/h5-8,10-16H,1-4H3;4-6,8-9H,1-3H3;/q2*-1;. The molecule has 0 spiro atoms. The van der Waals surface area contributed by atoms with E-state index in [4.69, 9.17) is 14.5 Å². The maximum Gasteiger partial charge on any atom is 0.241 e. The molecule has 0 N–H and O–H groups in total. The van der Waals surface area contributed by atoms with E-state index in [2.05, 4.69) is 108 Å². The van der Waals surface area contributed by atoms with Crippen molar-refractivity contribution in [3.05, 3.63) is 137 Å². The Morgan fingerprint density at radius 1 is 0.667 bits per heavy atom. The Kier molecular flexibility index (Phi) is 9.17. The molecule has 6 aromatic rings. The molecule has 4 nitrogen and oxygen atoms in total. The van der Waals surface area contributed by atoms with Crippen molar-refractivity contribution in [3.63, 3.8) is 0 Å². The van der Waals surface area contributed by atoms with Crippen LogP contribution in [0.4, 0.5) is 0 Å². The SMILES string of the molecule is Cc1c[c-]c(-c2cc(C)c(C)cn2)cc1.Cc1cnc(-c2[c-]ccc3c2Oc2cccc4c2B3c2ccccc2O4)cc1C(C)(C)C.[Ir]. The summed E-state index contributed by atoms with van der Waals surface area (Å²) < 4.78 is 12.7. The van der Waals surface area contributed by atoms with Gasteiger partial charge in [-0.05, 0) is 77.9 Å². The molecule has 4 heterocycles. The molecule has 1 radical (unpaired) electrons. The minimum absolute atomic E-state index is 0. The van der Waals surface area contributed by atoms with Crippen molar-refractivity contribution in [1.29, 1.82) is 0 Å².